The molecule has 0 aliphatic rings. The van der Waals surface area contributed by atoms with Crippen LogP contribution in [0.2, 0.25) is 0 Å². The zero-order valence-electron chi connectivity index (χ0n) is 18.4. The maximum absolute atomic E-state index is 9.80. The Labute approximate surface area is 205 Å². The minimum Gasteiger partial charge on any atom is -0.508 e. The van der Waals surface area contributed by atoms with Gasteiger partial charge in [0.05, 0.1) is 21.8 Å². The number of phenolic OH excluding ortho intramolecular Hbond substituents is 2. The molecule has 0 spiro atoms. The highest BCUT2D eigenvalue weighted by Gasteiger charge is 2.32. The van der Waals surface area contributed by atoms with Gasteiger partial charge in [-0.1, -0.05) is 36.4 Å². The third kappa shape index (κ3) is 4.84. The molecule has 4 heteroatoms. The zero-order valence-corrected chi connectivity index (χ0v) is 20.0. The Morgan fingerprint density at radius 2 is 0.529 bits per heavy atom. The van der Waals surface area contributed by atoms with E-state index in [1.165, 1.54) is 19.6 Å². The number of rotatable bonds is 6. The molecule has 34 heavy (non-hydrogen) atoms. The quantitative estimate of drug-likeness (QED) is 0.251. The Hall–Kier alpha value is -3.60. The monoisotopic (exact) mass is 480 g/mol. The van der Waals surface area contributed by atoms with E-state index < -0.39 is 0 Å². The Balaban J connectivity index is 1.57. The van der Waals surface area contributed by atoms with Crippen LogP contribution in [0.1, 0.15) is 0 Å². The summed E-state index contributed by atoms with van der Waals surface area (Å²) in [6, 6.07) is 45.0. The fraction of sp³-hybridized carbons (Fsp3) is 0. The molecule has 0 fully saturated rings. The Morgan fingerprint density at radius 3 is 0.824 bits per heavy atom. The van der Waals surface area contributed by atoms with Gasteiger partial charge in [-0.2, -0.15) is 0 Å². The molecule has 0 radical (unpaired) electrons. The second-order valence-electron chi connectivity index (χ2n) is 7.70. The highest BCUT2D eigenvalue weighted by molar-refractivity contribution is 7.97. The zero-order chi connectivity index (χ0) is 23.3. The molecule has 0 amide bonds. The lowest BCUT2D eigenvalue weighted by atomic mass is 10.3. The average molecular weight is 481 g/mol. The van der Waals surface area contributed by atoms with Gasteiger partial charge in [-0.3, -0.25) is 0 Å². The normalized spacial score (nSPS) is 11.1. The molecule has 0 aromatic heterocycles. The van der Waals surface area contributed by atoms with Crippen LogP contribution in [-0.2, 0) is 21.8 Å². The van der Waals surface area contributed by atoms with Gasteiger partial charge in [-0.05, 0) is 97.1 Å². The van der Waals surface area contributed by atoms with Crippen molar-refractivity contribution < 1.29 is 10.2 Å². The van der Waals surface area contributed by atoms with E-state index in [1.807, 2.05) is 24.3 Å². The van der Waals surface area contributed by atoms with E-state index in [9.17, 15) is 10.2 Å². The standard InChI is InChI=1S/C30H22O2S2/c31-23-11-15-27(16-12-23)34(28-17-13-24(32)14-18-28)30-21-19-29(20-22-30)33(25-7-3-1-4-8-25)26-9-5-2-6-10-26/h1-22H/p+2. The van der Waals surface area contributed by atoms with Gasteiger partial charge in [0.1, 0.15) is 11.5 Å². The summed E-state index contributed by atoms with van der Waals surface area (Å²) in [5.74, 6) is 0.506. The van der Waals surface area contributed by atoms with Crippen molar-refractivity contribution in [2.45, 2.75) is 29.4 Å². The van der Waals surface area contributed by atoms with Crippen LogP contribution >= 0.6 is 0 Å². The summed E-state index contributed by atoms with van der Waals surface area (Å²) in [5, 5.41) is 19.6. The molecule has 0 saturated heterocycles. The number of hydrogen-bond acceptors (Lipinski definition) is 2. The summed E-state index contributed by atoms with van der Waals surface area (Å²) >= 11 is 0. The highest BCUT2D eigenvalue weighted by Crippen LogP contribution is 2.36. The molecule has 0 atom stereocenters. The predicted molar refractivity (Wildman–Crippen MR) is 140 cm³/mol. The van der Waals surface area contributed by atoms with E-state index in [2.05, 4.69) is 84.9 Å². The molecule has 5 aromatic carbocycles. The van der Waals surface area contributed by atoms with Crippen LogP contribution in [0.25, 0.3) is 0 Å². The maximum Gasteiger partial charge on any atom is 0.166 e. The first kappa shape index (κ1) is 22.2. The Kier molecular flexibility index (Phi) is 6.61. The number of benzene rings is 5. The summed E-state index contributed by atoms with van der Waals surface area (Å²) < 4.78 is 0. The van der Waals surface area contributed by atoms with Gasteiger partial charge in [0.25, 0.3) is 0 Å². The lowest BCUT2D eigenvalue weighted by Crippen LogP contribution is -2.07. The van der Waals surface area contributed by atoms with Crippen molar-refractivity contribution in [3.63, 3.8) is 0 Å². The lowest BCUT2D eigenvalue weighted by Gasteiger charge is -2.10. The van der Waals surface area contributed by atoms with Crippen LogP contribution in [0.5, 0.6) is 11.5 Å². The second-order valence-corrected chi connectivity index (χ2v) is 11.8. The van der Waals surface area contributed by atoms with Crippen molar-refractivity contribution in [2.24, 2.45) is 0 Å². The fourth-order valence-corrected chi connectivity index (χ4v) is 7.93. The van der Waals surface area contributed by atoms with Crippen LogP contribution < -0.4 is 0 Å². The second kappa shape index (κ2) is 10.1. The van der Waals surface area contributed by atoms with Crippen LogP contribution in [0, 0.1) is 0 Å². The lowest BCUT2D eigenvalue weighted by molar-refractivity contribution is 0.474. The van der Waals surface area contributed by atoms with Gasteiger partial charge >= 0.3 is 0 Å². The minimum atomic E-state index is -0.361. The molecule has 0 heterocycles. The van der Waals surface area contributed by atoms with Crippen molar-refractivity contribution in [1.82, 2.24) is 0 Å². The Morgan fingerprint density at radius 1 is 0.294 bits per heavy atom. The topological polar surface area (TPSA) is 40.5 Å². The van der Waals surface area contributed by atoms with Crippen molar-refractivity contribution in [1.29, 1.82) is 0 Å². The van der Waals surface area contributed by atoms with Gasteiger partial charge in [-0.15, -0.1) is 0 Å². The highest BCUT2D eigenvalue weighted by atomic mass is 32.2. The third-order valence-electron chi connectivity index (χ3n) is 5.40. The van der Waals surface area contributed by atoms with Gasteiger partial charge < -0.3 is 10.2 Å². The molecular weight excluding hydrogens is 456 g/mol. The molecule has 0 saturated carbocycles. The molecule has 5 rings (SSSR count). The number of phenols is 2. The molecule has 166 valence electrons. The molecular formula is C30H24O2S2+2. The van der Waals surface area contributed by atoms with Gasteiger partial charge in [0, 0.05) is 0 Å². The van der Waals surface area contributed by atoms with Crippen molar-refractivity contribution in [3.8, 4) is 11.5 Å². The predicted octanol–water partition coefficient (Wildman–Crippen LogP) is 7.29. The van der Waals surface area contributed by atoms with Crippen LogP contribution in [0.3, 0.4) is 0 Å². The van der Waals surface area contributed by atoms with E-state index in [4.69, 9.17) is 0 Å². The molecule has 2 N–H and O–H groups in total. The molecule has 2 nitrogen and oxygen atoms in total. The van der Waals surface area contributed by atoms with E-state index in [1.54, 1.807) is 24.3 Å². The van der Waals surface area contributed by atoms with E-state index in [0.717, 1.165) is 9.79 Å². The minimum absolute atomic E-state index is 0.194. The molecule has 0 unspecified atom stereocenters. The Bertz CT molecular complexity index is 1250. The van der Waals surface area contributed by atoms with E-state index in [-0.39, 0.29) is 33.3 Å². The largest absolute Gasteiger partial charge is 0.508 e. The van der Waals surface area contributed by atoms with Crippen LogP contribution in [0.4, 0.5) is 0 Å². The number of aromatic hydroxyl groups is 2. The summed E-state index contributed by atoms with van der Waals surface area (Å²) in [6.45, 7) is 0. The van der Waals surface area contributed by atoms with Crippen LogP contribution in [0.15, 0.2) is 163 Å². The van der Waals surface area contributed by atoms with Gasteiger partial charge in [0.15, 0.2) is 29.4 Å². The summed E-state index contributed by atoms with van der Waals surface area (Å²) in [7, 11) is -0.555. The molecule has 0 bridgehead atoms. The maximum atomic E-state index is 9.80. The first-order valence-electron chi connectivity index (χ1n) is 11.0. The SMILES string of the molecule is Oc1ccc([S+](c2ccc(O)cc2)c2ccc([S+](c3ccccc3)c3ccccc3)cc2)cc1. The third-order valence-corrected chi connectivity index (χ3v) is 9.86. The first-order chi connectivity index (χ1) is 16.7. The summed E-state index contributed by atoms with van der Waals surface area (Å²) in [6.07, 6.45) is 0. The van der Waals surface area contributed by atoms with Gasteiger partial charge in [0.2, 0.25) is 0 Å². The van der Waals surface area contributed by atoms with E-state index >= 15 is 0 Å². The smallest absolute Gasteiger partial charge is 0.166 e. The first-order valence-corrected chi connectivity index (χ1v) is 13.4. The number of hydrogen-bond donors (Lipinski definition) is 2. The van der Waals surface area contributed by atoms with Crippen LogP contribution in [-0.4, -0.2) is 10.2 Å². The fourth-order valence-electron chi connectivity index (χ4n) is 3.81. The summed E-state index contributed by atoms with van der Waals surface area (Å²) in [4.78, 5) is 7.25. The molecule has 5 aromatic rings. The summed E-state index contributed by atoms with van der Waals surface area (Å²) in [5.41, 5.74) is 0. The molecule has 0 aliphatic heterocycles. The average Bonchev–Trinajstić information content (AvgIpc) is 2.89. The van der Waals surface area contributed by atoms with Crippen molar-refractivity contribution in [3.05, 3.63) is 133 Å². The van der Waals surface area contributed by atoms with E-state index in [0.29, 0.717) is 0 Å². The van der Waals surface area contributed by atoms with Gasteiger partial charge in [-0.25, -0.2) is 0 Å². The van der Waals surface area contributed by atoms with Crippen molar-refractivity contribution in [2.75, 3.05) is 0 Å². The van der Waals surface area contributed by atoms with Crippen molar-refractivity contribution >= 4 is 21.8 Å². The molecule has 0 aliphatic carbocycles.